The van der Waals surface area contributed by atoms with E-state index in [1.807, 2.05) is 0 Å². The van der Waals surface area contributed by atoms with E-state index in [0.717, 1.165) is 0 Å². The van der Waals surface area contributed by atoms with Crippen LogP contribution in [-0.2, 0) is 0 Å². The average molecular weight is 410 g/mol. The third kappa shape index (κ3) is 18.6. The van der Waals surface area contributed by atoms with Crippen LogP contribution in [0.4, 0.5) is 0 Å². The molecule has 0 aliphatic heterocycles. The summed E-state index contributed by atoms with van der Waals surface area (Å²) in [5, 5.41) is 110. The highest BCUT2D eigenvalue weighted by Crippen LogP contribution is 2.04. The fourth-order valence-corrected chi connectivity index (χ4v) is 1.25. The first-order chi connectivity index (χ1) is 12.3. The summed E-state index contributed by atoms with van der Waals surface area (Å²) in [4.78, 5) is 0. The average Bonchev–Trinajstić information content (AvgIpc) is 2.63. The molecule has 168 valence electrons. The molecular formula is C14H34O13. The van der Waals surface area contributed by atoms with Crippen molar-refractivity contribution in [3.05, 3.63) is 0 Å². The SMILES string of the molecule is CCCC(O)(O)O.OCC(O)C(O)C(O)C(O)CO.OCC(O)C(O)CO. The number of aliphatic hydroxyl groups excluding tert-OH is 10. The van der Waals surface area contributed by atoms with Crippen LogP contribution in [0.2, 0.25) is 0 Å². The van der Waals surface area contributed by atoms with Gasteiger partial charge in [-0.15, -0.1) is 0 Å². The zero-order valence-electron chi connectivity index (χ0n) is 15.0. The maximum Gasteiger partial charge on any atom is 0.275 e. The molecule has 0 radical (unpaired) electrons. The summed E-state index contributed by atoms with van der Waals surface area (Å²) in [7, 11) is 0. The van der Waals surface area contributed by atoms with Crippen molar-refractivity contribution in [2.24, 2.45) is 0 Å². The van der Waals surface area contributed by atoms with Crippen molar-refractivity contribution in [1.29, 1.82) is 0 Å². The lowest BCUT2D eigenvalue weighted by atomic mass is 10.0. The van der Waals surface area contributed by atoms with E-state index in [4.69, 9.17) is 66.4 Å². The maximum absolute atomic E-state index is 8.96. The summed E-state index contributed by atoms with van der Waals surface area (Å²) in [6, 6.07) is 0. The van der Waals surface area contributed by atoms with E-state index >= 15 is 0 Å². The largest absolute Gasteiger partial charge is 0.394 e. The lowest BCUT2D eigenvalue weighted by Crippen LogP contribution is -2.46. The molecule has 0 spiro atoms. The van der Waals surface area contributed by atoms with E-state index in [2.05, 4.69) is 0 Å². The molecule has 0 aromatic rings. The Morgan fingerprint density at radius 1 is 0.556 bits per heavy atom. The van der Waals surface area contributed by atoms with Crippen LogP contribution in [0.3, 0.4) is 0 Å². The van der Waals surface area contributed by atoms with E-state index in [9.17, 15) is 0 Å². The topological polar surface area (TPSA) is 263 Å². The highest BCUT2D eigenvalue weighted by Gasteiger charge is 2.29. The third-order valence-corrected chi connectivity index (χ3v) is 2.92. The second-order valence-corrected chi connectivity index (χ2v) is 5.51. The molecule has 6 unspecified atom stereocenters. The first kappa shape index (κ1) is 31.2. The van der Waals surface area contributed by atoms with Crippen LogP contribution in [0, 0.1) is 0 Å². The molecule has 0 amide bonds. The van der Waals surface area contributed by atoms with Gasteiger partial charge in [0.25, 0.3) is 5.97 Å². The molecule has 0 aliphatic carbocycles. The Labute approximate surface area is 156 Å². The Balaban J connectivity index is -0.000000336. The number of rotatable bonds is 10. The molecule has 0 saturated carbocycles. The fourth-order valence-electron chi connectivity index (χ4n) is 1.25. The van der Waals surface area contributed by atoms with E-state index in [1.165, 1.54) is 0 Å². The van der Waals surface area contributed by atoms with Crippen molar-refractivity contribution >= 4 is 0 Å². The Morgan fingerprint density at radius 2 is 0.815 bits per heavy atom. The maximum atomic E-state index is 8.96. The smallest absolute Gasteiger partial charge is 0.275 e. The van der Waals surface area contributed by atoms with Gasteiger partial charge in [-0.3, -0.25) is 0 Å². The summed E-state index contributed by atoms with van der Waals surface area (Å²) in [5.74, 6) is -2.45. The van der Waals surface area contributed by atoms with Crippen LogP contribution in [0.1, 0.15) is 19.8 Å². The molecule has 0 saturated heterocycles. The quantitative estimate of drug-likeness (QED) is 0.150. The first-order valence-corrected chi connectivity index (χ1v) is 8.01. The summed E-state index contributed by atoms with van der Waals surface area (Å²) < 4.78 is 0. The molecule has 0 aromatic heterocycles. The molecule has 6 atom stereocenters. The Bertz CT molecular complexity index is 290. The van der Waals surface area contributed by atoms with Gasteiger partial charge in [-0.1, -0.05) is 6.92 Å². The van der Waals surface area contributed by atoms with Crippen molar-refractivity contribution in [1.82, 2.24) is 0 Å². The molecule has 0 heterocycles. The van der Waals surface area contributed by atoms with E-state index < -0.39 is 69.0 Å². The van der Waals surface area contributed by atoms with Gasteiger partial charge < -0.3 is 66.4 Å². The lowest BCUT2D eigenvalue weighted by molar-refractivity contribution is -0.314. The van der Waals surface area contributed by atoms with Gasteiger partial charge in [0, 0.05) is 6.42 Å². The van der Waals surface area contributed by atoms with Gasteiger partial charge >= 0.3 is 0 Å². The molecular weight excluding hydrogens is 376 g/mol. The monoisotopic (exact) mass is 410 g/mol. The molecule has 0 aliphatic rings. The summed E-state index contributed by atoms with van der Waals surface area (Å²) in [6.45, 7) is -0.756. The van der Waals surface area contributed by atoms with Crippen molar-refractivity contribution in [3.8, 4) is 0 Å². The predicted octanol–water partition coefficient (Wildman–Crippen LogP) is -6.48. The van der Waals surface area contributed by atoms with Gasteiger partial charge in [-0.2, -0.15) is 0 Å². The molecule has 0 rings (SSSR count). The highest BCUT2D eigenvalue weighted by molar-refractivity contribution is 4.79. The Kier molecular flexibility index (Phi) is 20.3. The molecule has 27 heavy (non-hydrogen) atoms. The van der Waals surface area contributed by atoms with Crippen molar-refractivity contribution in [3.63, 3.8) is 0 Å². The van der Waals surface area contributed by atoms with Gasteiger partial charge in [-0.05, 0) is 6.42 Å². The Morgan fingerprint density at radius 3 is 0.926 bits per heavy atom. The van der Waals surface area contributed by atoms with Gasteiger partial charge in [0.2, 0.25) is 0 Å². The van der Waals surface area contributed by atoms with E-state index in [0.29, 0.717) is 6.42 Å². The van der Waals surface area contributed by atoms with Crippen molar-refractivity contribution < 1.29 is 66.4 Å². The van der Waals surface area contributed by atoms with E-state index in [-0.39, 0.29) is 6.42 Å². The molecule has 0 fully saturated rings. The lowest BCUT2D eigenvalue weighted by Gasteiger charge is -2.24. The predicted molar refractivity (Wildman–Crippen MR) is 88.7 cm³/mol. The number of aliphatic hydroxyl groups is 13. The zero-order valence-corrected chi connectivity index (χ0v) is 15.0. The molecule has 13 N–H and O–H groups in total. The summed E-state index contributed by atoms with van der Waals surface area (Å²) >= 11 is 0. The van der Waals surface area contributed by atoms with Crippen molar-refractivity contribution in [2.45, 2.75) is 62.4 Å². The van der Waals surface area contributed by atoms with Crippen molar-refractivity contribution in [2.75, 3.05) is 26.4 Å². The van der Waals surface area contributed by atoms with Crippen LogP contribution >= 0.6 is 0 Å². The van der Waals surface area contributed by atoms with Crippen LogP contribution in [0.25, 0.3) is 0 Å². The first-order valence-electron chi connectivity index (χ1n) is 8.01. The molecule has 0 bridgehead atoms. The third-order valence-electron chi connectivity index (χ3n) is 2.92. The summed E-state index contributed by atoms with van der Waals surface area (Å²) in [5.41, 5.74) is 0. The van der Waals surface area contributed by atoms with Crippen LogP contribution in [0.15, 0.2) is 0 Å². The number of hydrogen-bond acceptors (Lipinski definition) is 13. The fraction of sp³-hybridized carbons (Fsp3) is 1.00. The van der Waals surface area contributed by atoms with Gasteiger partial charge in [0.15, 0.2) is 0 Å². The van der Waals surface area contributed by atoms with Gasteiger partial charge in [0.05, 0.1) is 26.4 Å². The number of hydrogen-bond donors (Lipinski definition) is 13. The summed E-state index contributed by atoms with van der Waals surface area (Å²) in [6.07, 6.45) is -8.27. The minimum atomic E-state index is -2.45. The Hall–Kier alpha value is -0.520. The molecule has 0 aromatic carbocycles. The second-order valence-electron chi connectivity index (χ2n) is 5.51. The highest BCUT2D eigenvalue weighted by atomic mass is 16.7. The molecule has 13 heteroatoms. The van der Waals surface area contributed by atoms with Gasteiger partial charge in [0.1, 0.15) is 36.6 Å². The molecule has 13 nitrogen and oxygen atoms in total. The zero-order chi connectivity index (χ0) is 22.2. The minimum Gasteiger partial charge on any atom is -0.394 e. The second kappa shape index (κ2) is 17.6. The normalized spacial score (nSPS) is 18.0. The van der Waals surface area contributed by atoms with Crippen LogP contribution in [-0.4, -0.2) is 135 Å². The standard InChI is InChI=1S/C6H14O6.C4H10O4.C4H10O3/c7-1-3(9)5(11)6(12)4(10)2-8;5-1-3(7)4(8)2-6;1-2-3-4(5,6)7/h3-12H,1-2H2;3-8H,1-2H2;5-7H,2-3H2,1H3. The van der Waals surface area contributed by atoms with Gasteiger partial charge in [-0.25, -0.2) is 0 Å². The van der Waals surface area contributed by atoms with Crippen LogP contribution < -0.4 is 0 Å². The van der Waals surface area contributed by atoms with Crippen LogP contribution in [0.5, 0.6) is 0 Å². The van der Waals surface area contributed by atoms with E-state index in [1.54, 1.807) is 6.92 Å². The minimum absolute atomic E-state index is 0.00694.